The molecule has 0 amide bonds. The molecule has 2 atom stereocenters. The molecule has 1 aliphatic rings. The SMILES string of the molecule is C=C1COCC(C)(C)[C@@H](OC)[C@H](O)C1. The van der Waals surface area contributed by atoms with Gasteiger partial charge in [0.15, 0.2) is 0 Å². The van der Waals surface area contributed by atoms with E-state index in [1.165, 1.54) is 0 Å². The molecule has 0 bridgehead atoms. The zero-order valence-corrected chi connectivity index (χ0v) is 9.25. The summed E-state index contributed by atoms with van der Waals surface area (Å²) in [7, 11) is 1.63. The Hall–Kier alpha value is -0.380. The zero-order chi connectivity index (χ0) is 10.8. The molecule has 1 saturated heterocycles. The van der Waals surface area contributed by atoms with Crippen molar-refractivity contribution in [3.8, 4) is 0 Å². The molecule has 1 rings (SSSR count). The van der Waals surface area contributed by atoms with E-state index in [9.17, 15) is 5.11 Å². The maximum absolute atomic E-state index is 9.94. The van der Waals surface area contributed by atoms with Gasteiger partial charge in [0.05, 0.1) is 25.4 Å². The van der Waals surface area contributed by atoms with Crippen molar-refractivity contribution in [1.29, 1.82) is 0 Å². The fraction of sp³-hybridized carbons (Fsp3) is 0.818. The van der Waals surface area contributed by atoms with Gasteiger partial charge in [-0.1, -0.05) is 20.4 Å². The minimum absolute atomic E-state index is 0.158. The Labute approximate surface area is 85.7 Å². The van der Waals surface area contributed by atoms with E-state index < -0.39 is 6.10 Å². The van der Waals surface area contributed by atoms with Crippen molar-refractivity contribution in [3.63, 3.8) is 0 Å². The van der Waals surface area contributed by atoms with Crippen molar-refractivity contribution in [1.82, 2.24) is 0 Å². The summed E-state index contributed by atoms with van der Waals surface area (Å²) < 4.78 is 10.8. The first-order valence-corrected chi connectivity index (χ1v) is 4.92. The van der Waals surface area contributed by atoms with E-state index in [0.29, 0.717) is 19.6 Å². The molecule has 0 aromatic rings. The number of methoxy groups -OCH3 is 1. The van der Waals surface area contributed by atoms with Crippen molar-refractivity contribution < 1.29 is 14.6 Å². The number of aliphatic hydroxyl groups is 1. The Morgan fingerprint density at radius 2 is 2.21 bits per heavy atom. The summed E-state index contributed by atoms with van der Waals surface area (Å²) >= 11 is 0. The standard InChI is InChI=1S/C11H20O3/c1-8-5-9(12)10(13-4)11(2,3)7-14-6-8/h9-10,12H,1,5-7H2,2-4H3/t9-,10+/m1/s1. The van der Waals surface area contributed by atoms with Crippen LogP contribution in [0, 0.1) is 5.41 Å². The molecule has 1 N–H and O–H groups in total. The van der Waals surface area contributed by atoms with E-state index in [1.54, 1.807) is 7.11 Å². The molecule has 0 aromatic carbocycles. The van der Waals surface area contributed by atoms with Gasteiger partial charge in [-0.2, -0.15) is 0 Å². The van der Waals surface area contributed by atoms with Crippen molar-refractivity contribution in [3.05, 3.63) is 12.2 Å². The van der Waals surface area contributed by atoms with Gasteiger partial charge in [-0.3, -0.25) is 0 Å². The van der Waals surface area contributed by atoms with Crippen LogP contribution in [0.3, 0.4) is 0 Å². The van der Waals surface area contributed by atoms with Crippen LogP contribution in [0.2, 0.25) is 0 Å². The second-order valence-electron chi connectivity index (χ2n) is 4.66. The third-order valence-electron chi connectivity index (χ3n) is 2.65. The monoisotopic (exact) mass is 200 g/mol. The molecule has 1 aliphatic heterocycles. The minimum Gasteiger partial charge on any atom is -0.390 e. The van der Waals surface area contributed by atoms with Crippen LogP contribution in [-0.2, 0) is 9.47 Å². The highest BCUT2D eigenvalue weighted by atomic mass is 16.5. The third-order valence-corrected chi connectivity index (χ3v) is 2.65. The minimum atomic E-state index is -0.480. The van der Waals surface area contributed by atoms with Crippen LogP contribution in [0.4, 0.5) is 0 Å². The first-order valence-electron chi connectivity index (χ1n) is 4.92. The second kappa shape index (κ2) is 4.43. The van der Waals surface area contributed by atoms with Crippen LogP contribution in [-0.4, -0.2) is 37.6 Å². The normalized spacial score (nSPS) is 33.6. The molecule has 82 valence electrons. The van der Waals surface area contributed by atoms with Crippen molar-refractivity contribution in [2.24, 2.45) is 5.41 Å². The van der Waals surface area contributed by atoms with Crippen LogP contribution in [0.15, 0.2) is 12.2 Å². The molecule has 0 aromatic heterocycles. The molecule has 3 nitrogen and oxygen atoms in total. The van der Waals surface area contributed by atoms with Gasteiger partial charge in [-0.15, -0.1) is 0 Å². The lowest BCUT2D eigenvalue weighted by Gasteiger charge is -2.38. The predicted octanol–water partition coefficient (Wildman–Crippen LogP) is 1.36. The molecular weight excluding hydrogens is 180 g/mol. The third kappa shape index (κ3) is 2.56. The van der Waals surface area contributed by atoms with E-state index >= 15 is 0 Å². The Kier molecular flexibility index (Phi) is 3.70. The Morgan fingerprint density at radius 1 is 1.57 bits per heavy atom. The van der Waals surface area contributed by atoms with E-state index in [0.717, 1.165) is 5.57 Å². The van der Waals surface area contributed by atoms with Gasteiger partial charge < -0.3 is 14.6 Å². The zero-order valence-electron chi connectivity index (χ0n) is 9.25. The van der Waals surface area contributed by atoms with Gasteiger partial charge in [-0.25, -0.2) is 0 Å². The molecule has 1 heterocycles. The van der Waals surface area contributed by atoms with Crippen molar-refractivity contribution in [2.45, 2.75) is 32.5 Å². The highest BCUT2D eigenvalue weighted by molar-refractivity contribution is 5.01. The molecule has 14 heavy (non-hydrogen) atoms. The largest absolute Gasteiger partial charge is 0.390 e. The summed E-state index contributed by atoms with van der Waals surface area (Å²) in [6.45, 7) is 9.05. The van der Waals surface area contributed by atoms with Gasteiger partial charge >= 0.3 is 0 Å². The number of aliphatic hydroxyl groups excluding tert-OH is 1. The summed E-state index contributed by atoms with van der Waals surface area (Å²) in [6, 6.07) is 0. The molecule has 3 heteroatoms. The van der Waals surface area contributed by atoms with Gasteiger partial charge in [0, 0.05) is 12.5 Å². The van der Waals surface area contributed by atoms with Crippen molar-refractivity contribution >= 4 is 0 Å². The average molecular weight is 200 g/mol. The van der Waals surface area contributed by atoms with E-state index in [2.05, 4.69) is 6.58 Å². The second-order valence-corrected chi connectivity index (χ2v) is 4.66. The smallest absolute Gasteiger partial charge is 0.0905 e. The van der Waals surface area contributed by atoms with Gasteiger partial charge in [-0.05, 0) is 12.0 Å². The van der Waals surface area contributed by atoms with Crippen LogP contribution in [0.1, 0.15) is 20.3 Å². The molecule has 1 fully saturated rings. The van der Waals surface area contributed by atoms with Crippen LogP contribution in [0.25, 0.3) is 0 Å². The first-order chi connectivity index (χ1) is 6.47. The number of hydrogen-bond donors (Lipinski definition) is 1. The van der Waals surface area contributed by atoms with Gasteiger partial charge in [0.1, 0.15) is 0 Å². The fourth-order valence-electron chi connectivity index (χ4n) is 2.00. The summed E-state index contributed by atoms with van der Waals surface area (Å²) in [6.07, 6.45) is -0.118. The Balaban J connectivity index is 2.77. The Bertz CT molecular complexity index is 211. The molecular formula is C11H20O3. The summed E-state index contributed by atoms with van der Waals surface area (Å²) in [5.41, 5.74) is 0.768. The van der Waals surface area contributed by atoms with Gasteiger partial charge in [0.2, 0.25) is 0 Å². The number of hydrogen-bond acceptors (Lipinski definition) is 3. The first kappa shape index (κ1) is 11.7. The molecule has 0 saturated carbocycles. The molecule has 0 unspecified atom stereocenters. The van der Waals surface area contributed by atoms with E-state index in [1.807, 2.05) is 13.8 Å². The van der Waals surface area contributed by atoms with Crippen LogP contribution < -0.4 is 0 Å². The highest BCUT2D eigenvalue weighted by Crippen LogP contribution is 2.30. The summed E-state index contributed by atoms with van der Waals surface area (Å²) in [5, 5.41) is 9.94. The van der Waals surface area contributed by atoms with E-state index in [-0.39, 0.29) is 11.5 Å². The van der Waals surface area contributed by atoms with Crippen LogP contribution in [0.5, 0.6) is 0 Å². The highest BCUT2D eigenvalue weighted by Gasteiger charge is 2.37. The maximum Gasteiger partial charge on any atom is 0.0905 e. The predicted molar refractivity (Wildman–Crippen MR) is 55.2 cm³/mol. The quantitative estimate of drug-likeness (QED) is 0.650. The lowest BCUT2D eigenvalue weighted by Crippen LogP contribution is -2.45. The number of ether oxygens (including phenoxy) is 2. The lowest BCUT2D eigenvalue weighted by molar-refractivity contribution is -0.110. The average Bonchev–Trinajstić information content (AvgIpc) is 2.01. The summed E-state index contributed by atoms with van der Waals surface area (Å²) in [4.78, 5) is 0. The van der Waals surface area contributed by atoms with Crippen molar-refractivity contribution in [2.75, 3.05) is 20.3 Å². The molecule has 0 spiro atoms. The maximum atomic E-state index is 9.94. The van der Waals surface area contributed by atoms with Gasteiger partial charge in [0.25, 0.3) is 0 Å². The summed E-state index contributed by atoms with van der Waals surface area (Å²) in [5.74, 6) is 0. The fourth-order valence-corrected chi connectivity index (χ4v) is 2.00. The number of rotatable bonds is 1. The Morgan fingerprint density at radius 3 is 2.79 bits per heavy atom. The topological polar surface area (TPSA) is 38.7 Å². The van der Waals surface area contributed by atoms with Crippen LogP contribution >= 0.6 is 0 Å². The molecule has 0 aliphatic carbocycles. The lowest BCUT2D eigenvalue weighted by atomic mass is 9.82. The van der Waals surface area contributed by atoms with E-state index in [4.69, 9.17) is 9.47 Å². The molecule has 0 radical (unpaired) electrons.